The average Bonchev–Trinajstić information content (AvgIpc) is 3.04. The topological polar surface area (TPSA) is 77.0 Å². The molecule has 1 aromatic carbocycles. The first-order valence-electron chi connectivity index (χ1n) is 8.18. The van der Waals surface area contributed by atoms with Gasteiger partial charge in [-0.3, -0.25) is 9.69 Å². The van der Waals surface area contributed by atoms with Gasteiger partial charge in [0.15, 0.2) is 5.82 Å². The quantitative estimate of drug-likeness (QED) is 0.732. The van der Waals surface area contributed by atoms with Gasteiger partial charge in [0, 0.05) is 11.9 Å². The lowest BCUT2D eigenvalue weighted by Gasteiger charge is -2.30. The van der Waals surface area contributed by atoms with E-state index in [0.29, 0.717) is 23.8 Å². The van der Waals surface area contributed by atoms with Gasteiger partial charge in [0.2, 0.25) is 5.89 Å². The zero-order valence-corrected chi connectivity index (χ0v) is 13.6. The number of likely N-dealkylation sites (tertiary alicyclic amines) is 1. The number of aromatic nitrogens is 4. The van der Waals surface area contributed by atoms with E-state index in [2.05, 4.69) is 20.1 Å². The summed E-state index contributed by atoms with van der Waals surface area (Å²) in [7, 11) is 0. The highest BCUT2D eigenvalue weighted by molar-refractivity contribution is 5.80. The van der Waals surface area contributed by atoms with Crippen LogP contribution in [-0.4, -0.2) is 37.9 Å². The third kappa shape index (κ3) is 2.82. The second-order valence-corrected chi connectivity index (χ2v) is 6.27. The minimum Gasteiger partial charge on any atom is -0.339 e. The molecule has 3 aromatic rings. The number of piperidine rings is 1. The Morgan fingerprint density at radius 2 is 2.21 bits per heavy atom. The fourth-order valence-corrected chi connectivity index (χ4v) is 3.28. The number of hydrogen-bond donors (Lipinski definition) is 0. The highest BCUT2D eigenvalue weighted by Gasteiger charge is 2.26. The van der Waals surface area contributed by atoms with E-state index in [1.165, 1.54) is 4.68 Å². The van der Waals surface area contributed by atoms with Crippen LogP contribution in [0.25, 0.3) is 10.8 Å². The van der Waals surface area contributed by atoms with Gasteiger partial charge in [-0.2, -0.15) is 10.1 Å². The molecule has 0 N–H and O–H groups in total. The summed E-state index contributed by atoms with van der Waals surface area (Å²) in [6, 6.07) is 7.54. The molecule has 1 atom stereocenters. The van der Waals surface area contributed by atoms with Gasteiger partial charge >= 0.3 is 0 Å². The molecule has 24 heavy (non-hydrogen) atoms. The minimum atomic E-state index is -0.0520. The summed E-state index contributed by atoms with van der Waals surface area (Å²) in [5.74, 6) is 1.57. The lowest BCUT2D eigenvalue weighted by molar-refractivity contribution is 0.142. The maximum absolute atomic E-state index is 12.6. The molecule has 7 heteroatoms. The Bertz CT molecular complexity index is 916. The molecular formula is C17H19N5O2. The van der Waals surface area contributed by atoms with Crippen LogP contribution < -0.4 is 5.56 Å². The number of rotatable bonds is 3. The molecule has 0 amide bonds. The van der Waals surface area contributed by atoms with Crippen molar-refractivity contribution >= 4 is 10.8 Å². The van der Waals surface area contributed by atoms with Crippen LogP contribution in [0.1, 0.15) is 30.5 Å². The molecule has 0 saturated carbocycles. The molecule has 1 aliphatic rings. The van der Waals surface area contributed by atoms with Crippen LogP contribution in [0, 0.1) is 6.92 Å². The highest BCUT2D eigenvalue weighted by atomic mass is 16.5. The van der Waals surface area contributed by atoms with Crippen LogP contribution in [-0.2, 0) is 6.67 Å². The summed E-state index contributed by atoms with van der Waals surface area (Å²) in [5, 5.41) is 9.76. The molecule has 1 fully saturated rings. The summed E-state index contributed by atoms with van der Waals surface area (Å²) in [6.45, 7) is 4.03. The Kier molecular flexibility index (Phi) is 3.86. The predicted molar refractivity (Wildman–Crippen MR) is 88.6 cm³/mol. The lowest BCUT2D eigenvalue weighted by atomic mass is 9.98. The number of fused-ring (bicyclic) bond motifs is 1. The molecule has 7 nitrogen and oxygen atoms in total. The van der Waals surface area contributed by atoms with Crippen molar-refractivity contribution in [3.05, 3.63) is 52.5 Å². The number of benzene rings is 1. The first-order valence-corrected chi connectivity index (χ1v) is 8.18. The van der Waals surface area contributed by atoms with Gasteiger partial charge in [-0.05, 0) is 32.4 Å². The van der Waals surface area contributed by atoms with Crippen molar-refractivity contribution in [3.8, 4) is 0 Å². The van der Waals surface area contributed by atoms with Gasteiger partial charge in [-0.1, -0.05) is 23.4 Å². The molecule has 0 bridgehead atoms. The number of hydrogen-bond acceptors (Lipinski definition) is 6. The first kappa shape index (κ1) is 15.0. The minimum absolute atomic E-state index is 0.0520. The van der Waals surface area contributed by atoms with E-state index >= 15 is 0 Å². The van der Waals surface area contributed by atoms with Gasteiger partial charge < -0.3 is 4.52 Å². The van der Waals surface area contributed by atoms with Crippen molar-refractivity contribution in [2.45, 2.75) is 32.4 Å². The zero-order valence-electron chi connectivity index (χ0n) is 13.6. The molecule has 4 rings (SSSR count). The molecule has 124 valence electrons. The fraction of sp³-hybridized carbons (Fsp3) is 0.412. The third-order valence-electron chi connectivity index (χ3n) is 4.49. The fourth-order valence-electron chi connectivity index (χ4n) is 3.28. The van der Waals surface area contributed by atoms with Crippen LogP contribution in [0.5, 0.6) is 0 Å². The van der Waals surface area contributed by atoms with Crippen molar-refractivity contribution in [2.24, 2.45) is 0 Å². The van der Waals surface area contributed by atoms with Crippen LogP contribution in [0.3, 0.4) is 0 Å². The summed E-state index contributed by atoms with van der Waals surface area (Å²) >= 11 is 0. The maximum atomic E-state index is 12.6. The Labute approximate surface area is 138 Å². The van der Waals surface area contributed by atoms with Gasteiger partial charge in [-0.25, -0.2) is 4.68 Å². The monoisotopic (exact) mass is 325 g/mol. The molecule has 1 aliphatic heterocycles. The van der Waals surface area contributed by atoms with Crippen molar-refractivity contribution in [3.63, 3.8) is 0 Å². The maximum Gasteiger partial charge on any atom is 0.275 e. The lowest BCUT2D eigenvalue weighted by Crippen LogP contribution is -2.39. The molecule has 0 spiro atoms. The highest BCUT2D eigenvalue weighted by Crippen LogP contribution is 2.25. The Hall–Kier alpha value is -2.54. The second kappa shape index (κ2) is 6.16. The average molecular weight is 325 g/mol. The van der Waals surface area contributed by atoms with E-state index in [4.69, 9.17) is 4.52 Å². The van der Waals surface area contributed by atoms with Gasteiger partial charge in [0.1, 0.15) is 0 Å². The van der Waals surface area contributed by atoms with Crippen LogP contribution in [0.15, 0.2) is 39.8 Å². The predicted octanol–water partition coefficient (Wildman–Crippen LogP) is 1.93. The van der Waals surface area contributed by atoms with E-state index in [0.717, 1.165) is 31.3 Å². The van der Waals surface area contributed by atoms with E-state index < -0.39 is 0 Å². The van der Waals surface area contributed by atoms with Crippen LogP contribution >= 0.6 is 0 Å². The van der Waals surface area contributed by atoms with Gasteiger partial charge in [0.05, 0.1) is 24.2 Å². The Balaban J connectivity index is 1.55. The summed E-state index contributed by atoms with van der Waals surface area (Å²) in [5.41, 5.74) is -0.0520. The van der Waals surface area contributed by atoms with Crippen LogP contribution in [0.2, 0.25) is 0 Å². The van der Waals surface area contributed by atoms with E-state index in [1.54, 1.807) is 6.20 Å². The largest absolute Gasteiger partial charge is 0.339 e. The van der Waals surface area contributed by atoms with Crippen molar-refractivity contribution in [1.82, 2.24) is 24.8 Å². The number of nitrogens with zero attached hydrogens (tertiary/aromatic N) is 5. The molecular weight excluding hydrogens is 306 g/mol. The first-order chi connectivity index (χ1) is 11.7. The summed E-state index contributed by atoms with van der Waals surface area (Å²) in [4.78, 5) is 19.2. The van der Waals surface area contributed by atoms with Gasteiger partial charge in [-0.15, -0.1) is 0 Å². The van der Waals surface area contributed by atoms with Crippen molar-refractivity contribution in [2.75, 3.05) is 13.1 Å². The SMILES string of the molecule is Cc1noc(C2CCCN(Cn3ncc4ccccc4c3=O)C2)n1. The van der Waals surface area contributed by atoms with Crippen LogP contribution in [0.4, 0.5) is 0 Å². The van der Waals surface area contributed by atoms with Gasteiger partial charge in [0.25, 0.3) is 5.56 Å². The second-order valence-electron chi connectivity index (χ2n) is 6.27. The van der Waals surface area contributed by atoms with E-state index in [-0.39, 0.29) is 11.5 Å². The molecule has 1 unspecified atom stereocenters. The van der Waals surface area contributed by atoms with Crippen molar-refractivity contribution in [1.29, 1.82) is 0 Å². The van der Waals surface area contributed by atoms with E-state index in [1.807, 2.05) is 31.2 Å². The molecule has 2 aromatic heterocycles. The standard InChI is InChI=1S/C17H19N5O2/c1-12-19-16(24-20-12)14-6-4-8-21(10-14)11-22-17(23)15-7-3-2-5-13(15)9-18-22/h2-3,5,7,9,14H,4,6,8,10-11H2,1H3. The number of aryl methyl sites for hydroxylation is 1. The Morgan fingerprint density at radius 3 is 3.04 bits per heavy atom. The smallest absolute Gasteiger partial charge is 0.275 e. The van der Waals surface area contributed by atoms with E-state index in [9.17, 15) is 4.79 Å². The summed E-state index contributed by atoms with van der Waals surface area (Å²) < 4.78 is 6.84. The molecule has 0 aliphatic carbocycles. The normalized spacial score (nSPS) is 19.0. The molecule has 3 heterocycles. The molecule has 1 saturated heterocycles. The summed E-state index contributed by atoms with van der Waals surface area (Å²) in [6.07, 6.45) is 3.81. The zero-order chi connectivity index (χ0) is 16.5. The molecule has 0 radical (unpaired) electrons. The Morgan fingerprint density at radius 1 is 1.33 bits per heavy atom. The third-order valence-corrected chi connectivity index (χ3v) is 4.49. The van der Waals surface area contributed by atoms with Crippen molar-refractivity contribution < 1.29 is 4.52 Å².